The Balaban J connectivity index is 0.000000701. The highest BCUT2D eigenvalue weighted by Crippen LogP contribution is 2.26. The van der Waals surface area contributed by atoms with Gasteiger partial charge in [0.05, 0.1) is 30.9 Å². The number of carbonyl (C=O) groups is 1. The van der Waals surface area contributed by atoms with Gasteiger partial charge in [-0.15, -0.1) is 0 Å². The molecule has 1 saturated heterocycles. The van der Waals surface area contributed by atoms with E-state index in [1.807, 2.05) is 29.2 Å². The average molecular weight is 348 g/mol. The fourth-order valence-corrected chi connectivity index (χ4v) is 3.29. The van der Waals surface area contributed by atoms with E-state index in [0.717, 1.165) is 17.3 Å². The number of hydrogen-bond acceptors (Lipinski definition) is 6. The summed E-state index contributed by atoms with van der Waals surface area (Å²) in [5.41, 5.74) is 2.15. The van der Waals surface area contributed by atoms with Crippen LogP contribution in [0.25, 0.3) is 10.9 Å². The highest BCUT2D eigenvalue weighted by atomic mass is 16.3. The number of nitrogens with zero attached hydrogens (tertiary/aromatic N) is 2. The van der Waals surface area contributed by atoms with Crippen molar-refractivity contribution in [2.75, 3.05) is 26.3 Å². The Labute approximate surface area is 146 Å². The molecule has 25 heavy (non-hydrogen) atoms. The third kappa shape index (κ3) is 4.73. The van der Waals surface area contributed by atoms with Crippen LogP contribution in [0, 0.1) is 5.92 Å². The van der Waals surface area contributed by atoms with E-state index < -0.39 is 6.10 Å². The van der Waals surface area contributed by atoms with Gasteiger partial charge in [0.1, 0.15) is 0 Å². The lowest BCUT2D eigenvalue weighted by molar-refractivity contribution is -0.122. The van der Waals surface area contributed by atoms with Crippen LogP contribution in [0.2, 0.25) is 0 Å². The van der Waals surface area contributed by atoms with E-state index in [0.29, 0.717) is 13.1 Å². The number of aromatic nitrogens is 1. The van der Waals surface area contributed by atoms with E-state index in [-0.39, 0.29) is 31.6 Å². The molecule has 4 N–H and O–H groups in total. The van der Waals surface area contributed by atoms with Gasteiger partial charge in [-0.3, -0.25) is 14.7 Å². The highest BCUT2D eigenvalue weighted by Gasteiger charge is 2.34. The molecule has 7 nitrogen and oxygen atoms in total. The zero-order chi connectivity index (χ0) is 18.2. The third-order valence-corrected chi connectivity index (χ3v) is 4.59. The molecule has 0 radical (unpaired) electrons. The van der Waals surface area contributed by atoms with Gasteiger partial charge >= 0.3 is 0 Å². The predicted molar refractivity (Wildman–Crippen MR) is 93.2 cm³/mol. The minimum Gasteiger partial charge on any atom is -0.483 e. The summed E-state index contributed by atoms with van der Waals surface area (Å²) in [7, 11) is 0. The largest absolute Gasteiger partial charge is 0.483 e. The maximum Gasteiger partial charge on any atom is 0.290 e. The summed E-state index contributed by atoms with van der Waals surface area (Å²) in [5, 5.41) is 36.9. The van der Waals surface area contributed by atoms with Crippen LogP contribution in [0.5, 0.6) is 0 Å². The fraction of sp³-hybridized carbons (Fsp3) is 0.444. The van der Waals surface area contributed by atoms with Crippen molar-refractivity contribution in [2.45, 2.75) is 18.6 Å². The molecule has 2 aromatic rings. The molecule has 136 valence electrons. The van der Waals surface area contributed by atoms with Crippen LogP contribution >= 0.6 is 0 Å². The molecule has 0 amide bonds. The minimum atomic E-state index is -0.437. The van der Waals surface area contributed by atoms with Crippen LogP contribution < -0.4 is 0 Å². The Morgan fingerprint density at radius 2 is 1.88 bits per heavy atom. The van der Waals surface area contributed by atoms with Gasteiger partial charge in [-0.25, -0.2) is 0 Å². The lowest BCUT2D eigenvalue weighted by Gasteiger charge is -2.23. The van der Waals surface area contributed by atoms with E-state index in [1.165, 1.54) is 5.56 Å². The number of carboxylic acid groups (broad SMARTS) is 1. The SMILES string of the molecule is O=CO.OCC(CO)N1C[C@@H](Cc2ccnc3ccccc23)[C@H](O)C1. The van der Waals surface area contributed by atoms with Gasteiger partial charge in [0.15, 0.2) is 0 Å². The van der Waals surface area contributed by atoms with Crippen molar-refractivity contribution in [3.05, 3.63) is 42.1 Å². The first-order valence-corrected chi connectivity index (χ1v) is 8.18. The lowest BCUT2D eigenvalue weighted by atomic mass is 9.94. The van der Waals surface area contributed by atoms with Crippen molar-refractivity contribution in [1.82, 2.24) is 9.88 Å². The first-order chi connectivity index (χ1) is 12.1. The Morgan fingerprint density at radius 3 is 2.56 bits per heavy atom. The first-order valence-electron chi connectivity index (χ1n) is 8.18. The number of fused-ring (bicyclic) bond motifs is 1. The molecule has 0 saturated carbocycles. The maximum atomic E-state index is 10.3. The molecule has 2 heterocycles. The lowest BCUT2D eigenvalue weighted by Crippen LogP contribution is -2.39. The summed E-state index contributed by atoms with van der Waals surface area (Å²) in [6.45, 7) is 0.755. The number of pyridine rings is 1. The van der Waals surface area contributed by atoms with Crippen LogP contribution in [0.4, 0.5) is 0 Å². The quantitative estimate of drug-likeness (QED) is 0.568. The highest BCUT2D eigenvalue weighted by molar-refractivity contribution is 5.81. The average Bonchev–Trinajstić information content (AvgIpc) is 2.97. The Hall–Kier alpha value is -2.06. The minimum absolute atomic E-state index is 0.0892. The molecule has 3 rings (SSSR count). The Morgan fingerprint density at radius 1 is 1.20 bits per heavy atom. The van der Waals surface area contributed by atoms with E-state index in [4.69, 9.17) is 9.90 Å². The number of aliphatic hydroxyl groups excluding tert-OH is 3. The molecule has 1 aromatic heterocycles. The summed E-state index contributed by atoms with van der Waals surface area (Å²) >= 11 is 0. The second kappa shape index (κ2) is 9.43. The van der Waals surface area contributed by atoms with Crippen molar-refractivity contribution in [3.8, 4) is 0 Å². The topological polar surface area (TPSA) is 114 Å². The second-order valence-corrected chi connectivity index (χ2v) is 6.10. The normalized spacial score (nSPS) is 20.5. The van der Waals surface area contributed by atoms with E-state index in [2.05, 4.69) is 11.1 Å². The van der Waals surface area contributed by atoms with Crippen LogP contribution in [0.15, 0.2) is 36.5 Å². The summed E-state index contributed by atoms with van der Waals surface area (Å²) in [4.78, 5) is 14.7. The maximum absolute atomic E-state index is 10.3. The second-order valence-electron chi connectivity index (χ2n) is 6.10. The zero-order valence-corrected chi connectivity index (χ0v) is 13.9. The van der Waals surface area contributed by atoms with E-state index >= 15 is 0 Å². The molecule has 7 heteroatoms. The molecule has 1 aromatic carbocycles. The zero-order valence-electron chi connectivity index (χ0n) is 13.9. The smallest absolute Gasteiger partial charge is 0.290 e. The predicted octanol–water partition coefficient (Wildman–Crippen LogP) is 0.124. The summed E-state index contributed by atoms with van der Waals surface area (Å²) in [6, 6.07) is 9.74. The van der Waals surface area contributed by atoms with Gasteiger partial charge in [0.2, 0.25) is 0 Å². The summed E-state index contributed by atoms with van der Waals surface area (Å²) < 4.78 is 0. The fourth-order valence-electron chi connectivity index (χ4n) is 3.29. The molecule has 2 atom stereocenters. The van der Waals surface area contributed by atoms with Gasteiger partial charge in [-0.2, -0.15) is 0 Å². The first kappa shape index (κ1) is 19.3. The van der Waals surface area contributed by atoms with Crippen molar-refractivity contribution >= 4 is 17.4 Å². The standard InChI is InChI=1S/C17H22N2O3.CH2O2/c20-10-14(11-21)19-8-13(17(22)9-19)7-12-5-6-18-16-4-2-1-3-15(12)16;2-1-3/h1-6,13-14,17,20-22H,7-11H2;1H,(H,2,3)/t13-,17-;/m1./s1. The summed E-state index contributed by atoms with van der Waals surface area (Å²) in [6.07, 6.45) is 2.14. The third-order valence-electron chi connectivity index (χ3n) is 4.59. The number of likely N-dealkylation sites (tertiary alicyclic amines) is 1. The van der Waals surface area contributed by atoms with Crippen molar-refractivity contribution in [3.63, 3.8) is 0 Å². The van der Waals surface area contributed by atoms with Gasteiger partial charge in [0.25, 0.3) is 6.47 Å². The van der Waals surface area contributed by atoms with Crippen LogP contribution in [0.3, 0.4) is 0 Å². The van der Waals surface area contributed by atoms with Gasteiger partial charge in [0, 0.05) is 30.6 Å². The molecule has 1 aliphatic rings. The van der Waals surface area contributed by atoms with Crippen molar-refractivity contribution in [1.29, 1.82) is 0 Å². The number of β-amino-alcohol motifs (C(OH)–C–C–N with tert-alkyl or cyclic N) is 1. The molecule has 0 aliphatic carbocycles. The van der Waals surface area contributed by atoms with Gasteiger partial charge in [-0.05, 0) is 24.1 Å². The Kier molecular flexibility index (Phi) is 7.27. The molecule has 0 bridgehead atoms. The molecular weight excluding hydrogens is 324 g/mol. The summed E-state index contributed by atoms with van der Waals surface area (Å²) in [5.74, 6) is 0.103. The van der Waals surface area contributed by atoms with Gasteiger partial charge in [-0.1, -0.05) is 18.2 Å². The van der Waals surface area contributed by atoms with Crippen molar-refractivity contribution < 1.29 is 25.2 Å². The number of hydrogen-bond donors (Lipinski definition) is 4. The van der Waals surface area contributed by atoms with Gasteiger partial charge < -0.3 is 20.4 Å². The number of aliphatic hydroxyl groups is 3. The van der Waals surface area contributed by atoms with Crippen LogP contribution in [0.1, 0.15) is 5.56 Å². The van der Waals surface area contributed by atoms with E-state index in [9.17, 15) is 15.3 Å². The molecule has 1 fully saturated rings. The van der Waals surface area contributed by atoms with E-state index in [1.54, 1.807) is 6.20 Å². The molecule has 0 unspecified atom stereocenters. The van der Waals surface area contributed by atoms with Crippen LogP contribution in [-0.2, 0) is 11.2 Å². The molecule has 0 spiro atoms. The number of para-hydroxylation sites is 1. The van der Waals surface area contributed by atoms with Crippen LogP contribution in [-0.4, -0.2) is 75.2 Å². The molecular formula is C18H24N2O5. The monoisotopic (exact) mass is 348 g/mol. The number of rotatable bonds is 5. The number of benzene rings is 1. The van der Waals surface area contributed by atoms with Crippen molar-refractivity contribution in [2.24, 2.45) is 5.92 Å². The Bertz CT molecular complexity index is 672. The molecule has 1 aliphatic heterocycles.